The Kier molecular flexibility index (Phi) is 3.80. The molecule has 2 aromatic carbocycles. The maximum atomic E-state index is 13.4. The fraction of sp³-hybridized carbons (Fsp3) is 0. The van der Waals surface area contributed by atoms with Crippen LogP contribution in [0.2, 0.25) is 0 Å². The minimum Gasteiger partial charge on any atom is -0.399 e. The molecule has 98 valence electrons. The number of nitrogen functional groups attached to an aromatic ring is 1. The first-order valence-electron chi connectivity index (χ1n) is 5.29. The molecule has 0 bridgehead atoms. The Hall–Kier alpha value is -1.95. The second-order valence-electron chi connectivity index (χ2n) is 3.82. The highest BCUT2D eigenvalue weighted by molar-refractivity contribution is 9.10. The molecular formula is C13H9BrF2N2O. The highest BCUT2D eigenvalue weighted by atomic mass is 79.9. The Morgan fingerprint density at radius 3 is 2.53 bits per heavy atom. The van der Waals surface area contributed by atoms with E-state index in [0.29, 0.717) is 21.9 Å². The van der Waals surface area contributed by atoms with E-state index in [-0.39, 0.29) is 5.56 Å². The van der Waals surface area contributed by atoms with Gasteiger partial charge in [0.25, 0.3) is 5.91 Å². The summed E-state index contributed by atoms with van der Waals surface area (Å²) in [5.41, 5.74) is 6.31. The first-order chi connectivity index (χ1) is 8.97. The van der Waals surface area contributed by atoms with Gasteiger partial charge in [-0.2, -0.15) is 0 Å². The summed E-state index contributed by atoms with van der Waals surface area (Å²) >= 11 is 3.23. The molecule has 0 aliphatic rings. The van der Waals surface area contributed by atoms with Gasteiger partial charge in [-0.3, -0.25) is 4.79 Å². The maximum absolute atomic E-state index is 13.4. The van der Waals surface area contributed by atoms with E-state index in [1.807, 2.05) is 0 Å². The average Bonchev–Trinajstić information content (AvgIpc) is 2.32. The molecule has 6 heteroatoms. The SMILES string of the molecule is Nc1ccc(NC(=O)c2ccc(F)cc2F)c(Br)c1. The predicted molar refractivity (Wildman–Crippen MR) is 72.9 cm³/mol. The van der Waals surface area contributed by atoms with E-state index < -0.39 is 17.5 Å². The number of nitrogens with two attached hydrogens (primary N) is 1. The summed E-state index contributed by atoms with van der Waals surface area (Å²) in [5, 5.41) is 2.51. The van der Waals surface area contributed by atoms with Crippen molar-refractivity contribution in [2.45, 2.75) is 0 Å². The van der Waals surface area contributed by atoms with E-state index in [9.17, 15) is 13.6 Å². The molecule has 0 saturated carbocycles. The zero-order chi connectivity index (χ0) is 14.0. The Balaban J connectivity index is 2.25. The molecule has 0 aliphatic carbocycles. The maximum Gasteiger partial charge on any atom is 0.258 e. The first kappa shape index (κ1) is 13.5. The number of carbonyl (C=O) groups is 1. The van der Waals surface area contributed by atoms with Crippen LogP contribution in [0.3, 0.4) is 0 Å². The van der Waals surface area contributed by atoms with Crippen molar-refractivity contribution in [3.63, 3.8) is 0 Å². The van der Waals surface area contributed by atoms with Crippen molar-refractivity contribution in [1.29, 1.82) is 0 Å². The van der Waals surface area contributed by atoms with Crippen molar-refractivity contribution < 1.29 is 13.6 Å². The molecule has 3 nitrogen and oxygen atoms in total. The van der Waals surface area contributed by atoms with E-state index in [2.05, 4.69) is 21.2 Å². The number of amides is 1. The Morgan fingerprint density at radius 1 is 1.16 bits per heavy atom. The van der Waals surface area contributed by atoms with Gasteiger partial charge in [0.2, 0.25) is 0 Å². The lowest BCUT2D eigenvalue weighted by Gasteiger charge is -2.08. The number of halogens is 3. The Labute approximate surface area is 116 Å². The summed E-state index contributed by atoms with van der Waals surface area (Å²) in [6, 6.07) is 7.56. The largest absolute Gasteiger partial charge is 0.399 e. The second-order valence-corrected chi connectivity index (χ2v) is 4.67. The van der Waals surface area contributed by atoms with E-state index in [1.165, 1.54) is 0 Å². The molecule has 0 fully saturated rings. The van der Waals surface area contributed by atoms with Crippen molar-refractivity contribution in [3.8, 4) is 0 Å². The second kappa shape index (κ2) is 5.36. The Bertz CT molecular complexity index is 647. The number of nitrogens with one attached hydrogen (secondary N) is 1. The molecule has 1 amide bonds. The van der Waals surface area contributed by atoms with Gasteiger partial charge in [-0.1, -0.05) is 0 Å². The van der Waals surface area contributed by atoms with Crippen LogP contribution in [0.5, 0.6) is 0 Å². The zero-order valence-electron chi connectivity index (χ0n) is 9.58. The third-order valence-electron chi connectivity index (χ3n) is 2.42. The summed E-state index contributed by atoms with van der Waals surface area (Å²) in [6.07, 6.45) is 0. The van der Waals surface area contributed by atoms with E-state index >= 15 is 0 Å². The van der Waals surface area contributed by atoms with Crippen molar-refractivity contribution in [3.05, 3.63) is 58.1 Å². The summed E-state index contributed by atoms with van der Waals surface area (Å²) in [5.74, 6) is -2.31. The van der Waals surface area contributed by atoms with Gasteiger partial charge in [0.15, 0.2) is 0 Å². The molecule has 0 radical (unpaired) electrons. The lowest BCUT2D eigenvalue weighted by Crippen LogP contribution is -2.14. The van der Waals surface area contributed by atoms with Gasteiger partial charge >= 0.3 is 0 Å². The summed E-state index contributed by atoms with van der Waals surface area (Å²) < 4.78 is 26.8. The molecule has 0 unspecified atom stereocenters. The van der Waals surface area contributed by atoms with Crippen LogP contribution >= 0.6 is 15.9 Å². The van der Waals surface area contributed by atoms with Crippen molar-refractivity contribution >= 4 is 33.2 Å². The molecule has 0 heterocycles. The number of benzene rings is 2. The molecule has 19 heavy (non-hydrogen) atoms. The van der Waals surface area contributed by atoms with Crippen molar-refractivity contribution in [2.24, 2.45) is 0 Å². The smallest absolute Gasteiger partial charge is 0.258 e. The third kappa shape index (κ3) is 3.08. The highest BCUT2D eigenvalue weighted by Crippen LogP contribution is 2.25. The lowest BCUT2D eigenvalue weighted by atomic mass is 10.2. The monoisotopic (exact) mass is 326 g/mol. The van der Waals surface area contributed by atoms with Gasteiger partial charge in [-0.15, -0.1) is 0 Å². The topological polar surface area (TPSA) is 55.1 Å². The molecule has 0 spiro atoms. The zero-order valence-corrected chi connectivity index (χ0v) is 11.2. The molecule has 0 saturated heterocycles. The van der Waals surface area contributed by atoms with Crippen LogP contribution in [-0.2, 0) is 0 Å². The van der Waals surface area contributed by atoms with Crippen LogP contribution in [0, 0.1) is 11.6 Å². The summed E-state index contributed by atoms with van der Waals surface area (Å²) in [7, 11) is 0. The van der Waals surface area contributed by atoms with E-state index in [4.69, 9.17) is 5.73 Å². The minimum absolute atomic E-state index is 0.231. The van der Waals surface area contributed by atoms with Crippen molar-refractivity contribution in [2.75, 3.05) is 11.1 Å². The van der Waals surface area contributed by atoms with E-state index in [0.717, 1.165) is 12.1 Å². The van der Waals surface area contributed by atoms with Gasteiger partial charge < -0.3 is 11.1 Å². The first-order valence-corrected chi connectivity index (χ1v) is 6.08. The van der Waals surface area contributed by atoms with E-state index in [1.54, 1.807) is 18.2 Å². The molecule has 0 aromatic heterocycles. The van der Waals surface area contributed by atoms with Crippen LogP contribution in [0.15, 0.2) is 40.9 Å². The fourth-order valence-electron chi connectivity index (χ4n) is 1.50. The van der Waals surface area contributed by atoms with Crippen LogP contribution in [-0.4, -0.2) is 5.91 Å². The molecule has 3 N–H and O–H groups in total. The predicted octanol–water partition coefficient (Wildman–Crippen LogP) is 3.56. The van der Waals surface area contributed by atoms with Gasteiger partial charge in [0.1, 0.15) is 11.6 Å². The number of hydrogen-bond acceptors (Lipinski definition) is 2. The standard InChI is InChI=1S/C13H9BrF2N2O/c14-10-6-8(17)2-4-12(10)18-13(19)9-3-1-7(15)5-11(9)16/h1-6H,17H2,(H,18,19). The fourth-order valence-corrected chi connectivity index (χ4v) is 1.99. The molecule has 0 atom stereocenters. The molecule has 0 aliphatic heterocycles. The summed E-state index contributed by atoms with van der Waals surface area (Å²) in [4.78, 5) is 11.9. The molecule has 2 aromatic rings. The quantitative estimate of drug-likeness (QED) is 0.829. The third-order valence-corrected chi connectivity index (χ3v) is 3.07. The number of anilines is 2. The van der Waals surface area contributed by atoms with Crippen LogP contribution in [0.1, 0.15) is 10.4 Å². The van der Waals surface area contributed by atoms with Crippen LogP contribution in [0.25, 0.3) is 0 Å². The van der Waals surface area contributed by atoms with Gasteiger partial charge in [0.05, 0.1) is 11.3 Å². The molecule has 2 rings (SSSR count). The van der Waals surface area contributed by atoms with Gasteiger partial charge in [-0.05, 0) is 46.3 Å². The van der Waals surface area contributed by atoms with Crippen LogP contribution in [0.4, 0.5) is 20.2 Å². The average molecular weight is 327 g/mol. The number of carbonyl (C=O) groups excluding carboxylic acids is 1. The number of rotatable bonds is 2. The minimum atomic E-state index is -0.913. The Morgan fingerprint density at radius 2 is 1.89 bits per heavy atom. The molecular weight excluding hydrogens is 318 g/mol. The highest BCUT2D eigenvalue weighted by Gasteiger charge is 2.13. The van der Waals surface area contributed by atoms with Gasteiger partial charge in [-0.25, -0.2) is 8.78 Å². The normalized spacial score (nSPS) is 10.3. The van der Waals surface area contributed by atoms with Crippen LogP contribution < -0.4 is 11.1 Å². The lowest BCUT2D eigenvalue weighted by molar-refractivity contribution is 0.102. The summed E-state index contributed by atoms with van der Waals surface area (Å²) in [6.45, 7) is 0. The van der Waals surface area contributed by atoms with Crippen molar-refractivity contribution in [1.82, 2.24) is 0 Å². The number of hydrogen-bond donors (Lipinski definition) is 2. The van der Waals surface area contributed by atoms with Gasteiger partial charge in [0, 0.05) is 16.2 Å².